The molecule has 0 spiro atoms. The number of nitrogens with one attached hydrogen (secondary N) is 2. The van der Waals surface area contributed by atoms with Gasteiger partial charge in [0.25, 0.3) is 0 Å². The lowest BCUT2D eigenvalue weighted by Crippen LogP contribution is -2.36. The Labute approximate surface area is 122 Å². The van der Waals surface area contributed by atoms with Crippen molar-refractivity contribution in [3.05, 3.63) is 48.3 Å². The average molecular weight is 359 g/mol. The molecule has 96 valence electrons. The Kier molecular flexibility index (Phi) is 4.29. The summed E-state index contributed by atoms with van der Waals surface area (Å²) in [6.07, 6.45) is 3.30. The normalized spacial score (nSPS) is 13.9. The molecule has 0 bridgehead atoms. The van der Waals surface area contributed by atoms with Crippen LogP contribution in [0.4, 0.5) is 0 Å². The number of hydrogen-bond acceptors (Lipinski definition) is 5. The fourth-order valence-electron chi connectivity index (χ4n) is 1.82. The van der Waals surface area contributed by atoms with Crippen LogP contribution in [0.5, 0.6) is 0 Å². The summed E-state index contributed by atoms with van der Waals surface area (Å²) in [4.78, 5) is 4.31. The largest absolute Gasteiger partial charge is 0.467 e. The van der Waals surface area contributed by atoms with Crippen LogP contribution in [0, 0.1) is 0 Å². The topological polar surface area (TPSA) is 62.7 Å². The van der Waals surface area contributed by atoms with Crippen molar-refractivity contribution in [1.82, 2.24) is 10.6 Å². The van der Waals surface area contributed by atoms with Crippen LogP contribution >= 0.6 is 24.0 Å². The Hall–Kier alpha value is -1.44. The third-order valence-electron chi connectivity index (χ3n) is 2.61. The van der Waals surface area contributed by atoms with Crippen LogP contribution in [-0.2, 0) is 0 Å². The molecule has 1 aliphatic rings. The van der Waals surface area contributed by atoms with Gasteiger partial charge in [-0.15, -0.1) is 24.0 Å². The predicted octanol–water partition coefficient (Wildman–Crippen LogP) is 2.13. The summed E-state index contributed by atoms with van der Waals surface area (Å²) in [7, 11) is 0. The smallest absolute Gasteiger partial charge is 0.192 e. The van der Waals surface area contributed by atoms with E-state index in [9.17, 15) is 0 Å². The number of halogens is 1. The van der Waals surface area contributed by atoms with Crippen molar-refractivity contribution >= 4 is 29.9 Å². The van der Waals surface area contributed by atoms with Gasteiger partial charge in [-0.05, 0) is 24.3 Å². The van der Waals surface area contributed by atoms with Crippen molar-refractivity contribution in [2.45, 2.75) is 6.04 Å². The summed E-state index contributed by atoms with van der Waals surface area (Å²) in [6, 6.07) is 7.39. The number of guanidine groups is 1. The van der Waals surface area contributed by atoms with Gasteiger partial charge in [-0.3, -0.25) is 4.99 Å². The van der Waals surface area contributed by atoms with Gasteiger partial charge >= 0.3 is 0 Å². The number of aliphatic imine (C=N–C) groups is 1. The maximum absolute atomic E-state index is 5.42. The van der Waals surface area contributed by atoms with E-state index in [4.69, 9.17) is 8.83 Å². The third-order valence-corrected chi connectivity index (χ3v) is 2.61. The van der Waals surface area contributed by atoms with E-state index < -0.39 is 0 Å². The van der Waals surface area contributed by atoms with Crippen molar-refractivity contribution < 1.29 is 8.83 Å². The lowest BCUT2D eigenvalue weighted by molar-refractivity contribution is 0.414. The van der Waals surface area contributed by atoms with Gasteiger partial charge in [-0.1, -0.05) is 0 Å². The van der Waals surface area contributed by atoms with Gasteiger partial charge in [0.1, 0.15) is 17.6 Å². The first-order chi connectivity index (χ1) is 8.43. The zero-order valence-corrected chi connectivity index (χ0v) is 12.0. The molecule has 0 unspecified atom stereocenters. The van der Waals surface area contributed by atoms with E-state index in [1.165, 1.54) is 0 Å². The minimum atomic E-state index is -0.149. The fraction of sp³-hybridized carbons (Fsp3) is 0.250. The van der Waals surface area contributed by atoms with Gasteiger partial charge in [-0.25, -0.2) is 0 Å². The van der Waals surface area contributed by atoms with E-state index in [0.717, 1.165) is 30.6 Å². The number of nitrogens with zero attached hydrogens (tertiary/aromatic N) is 1. The SMILES string of the molecule is I.c1coc(C(NC2=NCCN2)c2ccco2)c1. The van der Waals surface area contributed by atoms with Crippen LogP contribution in [0.1, 0.15) is 17.6 Å². The van der Waals surface area contributed by atoms with Gasteiger partial charge < -0.3 is 19.5 Å². The summed E-state index contributed by atoms with van der Waals surface area (Å²) >= 11 is 0. The van der Waals surface area contributed by atoms with Crippen LogP contribution in [0.3, 0.4) is 0 Å². The molecule has 0 aliphatic carbocycles. The molecule has 0 saturated carbocycles. The Morgan fingerprint density at radius 1 is 1.17 bits per heavy atom. The molecule has 3 rings (SSSR count). The monoisotopic (exact) mass is 359 g/mol. The Balaban J connectivity index is 0.00000120. The predicted molar refractivity (Wildman–Crippen MR) is 78.1 cm³/mol. The maximum atomic E-state index is 5.42. The number of rotatable bonds is 3. The van der Waals surface area contributed by atoms with Crippen molar-refractivity contribution in [3.8, 4) is 0 Å². The molecule has 18 heavy (non-hydrogen) atoms. The first kappa shape index (κ1) is 13.0. The summed E-state index contributed by atoms with van der Waals surface area (Å²) in [5.74, 6) is 2.38. The summed E-state index contributed by atoms with van der Waals surface area (Å²) in [5, 5.41) is 6.44. The van der Waals surface area contributed by atoms with Crippen LogP contribution in [0.15, 0.2) is 50.6 Å². The van der Waals surface area contributed by atoms with Crippen molar-refractivity contribution in [3.63, 3.8) is 0 Å². The van der Waals surface area contributed by atoms with Gasteiger partial charge in [0.05, 0.1) is 19.1 Å². The van der Waals surface area contributed by atoms with Gasteiger partial charge in [-0.2, -0.15) is 0 Å². The summed E-state index contributed by atoms with van der Waals surface area (Å²) < 4.78 is 10.8. The second-order valence-electron chi connectivity index (χ2n) is 3.77. The Bertz CT molecular complexity index is 459. The number of furan rings is 2. The highest BCUT2D eigenvalue weighted by atomic mass is 127. The molecular formula is C12H14IN3O2. The average Bonchev–Trinajstić information content (AvgIpc) is 3.09. The Morgan fingerprint density at radius 2 is 1.83 bits per heavy atom. The minimum Gasteiger partial charge on any atom is -0.467 e. The van der Waals surface area contributed by atoms with Crippen LogP contribution in [0.2, 0.25) is 0 Å². The molecule has 0 saturated heterocycles. The molecule has 0 atom stereocenters. The second kappa shape index (κ2) is 5.94. The van der Waals surface area contributed by atoms with E-state index in [2.05, 4.69) is 15.6 Å². The highest BCUT2D eigenvalue weighted by molar-refractivity contribution is 14.0. The molecule has 1 aliphatic heterocycles. The van der Waals surface area contributed by atoms with Crippen molar-refractivity contribution in [2.24, 2.45) is 4.99 Å². The third kappa shape index (κ3) is 2.69. The van der Waals surface area contributed by atoms with Gasteiger partial charge in [0.15, 0.2) is 5.96 Å². The van der Waals surface area contributed by atoms with E-state index in [1.54, 1.807) is 12.5 Å². The molecular weight excluding hydrogens is 345 g/mol. The molecule has 0 amide bonds. The van der Waals surface area contributed by atoms with E-state index in [1.807, 2.05) is 24.3 Å². The van der Waals surface area contributed by atoms with Crippen LogP contribution in [-0.4, -0.2) is 19.0 Å². The first-order valence-electron chi connectivity index (χ1n) is 5.55. The zero-order valence-electron chi connectivity index (χ0n) is 9.63. The molecule has 5 nitrogen and oxygen atoms in total. The van der Waals surface area contributed by atoms with Crippen LogP contribution in [0.25, 0.3) is 0 Å². The lowest BCUT2D eigenvalue weighted by Gasteiger charge is -2.15. The summed E-state index contributed by atoms with van der Waals surface area (Å²) in [6.45, 7) is 1.66. The lowest BCUT2D eigenvalue weighted by atomic mass is 10.2. The highest BCUT2D eigenvalue weighted by Gasteiger charge is 2.21. The molecule has 2 N–H and O–H groups in total. The minimum absolute atomic E-state index is 0. The first-order valence-corrected chi connectivity index (χ1v) is 5.55. The molecule has 2 aromatic rings. The van der Waals surface area contributed by atoms with Gasteiger partial charge in [0, 0.05) is 6.54 Å². The zero-order chi connectivity index (χ0) is 11.5. The molecule has 0 fully saturated rings. The molecule has 0 aromatic carbocycles. The molecule has 6 heteroatoms. The highest BCUT2D eigenvalue weighted by Crippen LogP contribution is 2.22. The molecule has 3 heterocycles. The van der Waals surface area contributed by atoms with Crippen molar-refractivity contribution in [2.75, 3.05) is 13.1 Å². The second-order valence-corrected chi connectivity index (χ2v) is 3.77. The molecule has 0 radical (unpaired) electrons. The van der Waals surface area contributed by atoms with Gasteiger partial charge in [0.2, 0.25) is 0 Å². The maximum Gasteiger partial charge on any atom is 0.192 e. The van der Waals surface area contributed by atoms with E-state index >= 15 is 0 Å². The van der Waals surface area contributed by atoms with Crippen LogP contribution < -0.4 is 10.6 Å². The summed E-state index contributed by atoms with van der Waals surface area (Å²) in [5.41, 5.74) is 0. The Morgan fingerprint density at radius 3 is 2.28 bits per heavy atom. The fourth-order valence-corrected chi connectivity index (χ4v) is 1.82. The van der Waals surface area contributed by atoms with Crippen molar-refractivity contribution in [1.29, 1.82) is 0 Å². The quantitative estimate of drug-likeness (QED) is 0.825. The van der Waals surface area contributed by atoms with E-state index in [0.29, 0.717) is 0 Å². The number of hydrogen-bond donors (Lipinski definition) is 2. The molecule has 2 aromatic heterocycles. The van der Waals surface area contributed by atoms with E-state index in [-0.39, 0.29) is 30.0 Å². The standard InChI is InChI=1S/C12H13N3O2.HI/c1-3-9(16-7-1)11(10-4-2-8-17-10)15-12-13-5-6-14-12;/h1-4,7-8,11H,5-6H2,(H2,13,14,15);1H.